The molecule has 0 aromatic heterocycles. The van der Waals surface area contributed by atoms with Crippen LogP contribution in [0.4, 0.5) is 0 Å². The van der Waals surface area contributed by atoms with Gasteiger partial charge in [-0.05, 0) is 13.3 Å². The van der Waals surface area contributed by atoms with Gasteiger partial charge in [0, 0.05) is 7.11 Å². The molecule has 0 amide bonds. The van der Waals surface area contributed by atoms with E-state index in [0.29, 0.717) is 0 Å². The van der Waals surface area contributed by atoms with Crippen LogP contribution in [0.3, 0.4) is 0 Å². The van der Waals surface area contributed by atoms with Crippen LogP contribution < -0.4 is 24.8 Å². The number of allylic oxidation sites excluding steroid dienone is 4. The van der Waals surface area contributed by atoms with E-state index in [-0.39, 0.29) is 46.5 Å². The Morgan fingerprint density at radius 3 is 1.67 bits per heavy atom. The standard InChI is InChI=1S/C16H13.2C6H5.CH4O.2ClH.Ti/c1-12-5-4-8-16(12)15-10-9-13-6-2-3-7-14(13)11-15;2*1-2-4-6-5-3-1;1-2;;;/h2-7,9-10H,8H2,1H3;2*1-5H;2H,1H3;2*1H;/q3*-1;;;;+2/p-2. The van der Waals surface area contributed by atoms with Crippen molar-refractivity contribution < 1.29 is 51.6 Å². The summed E-state index contributed by atoms with van der Waals surface area (Å²) in [7, 11) is 1.00. The van der Waals surface area contributed by atoms with Crippen molar-refractivity contribution in [3.8, 4) is 0 Å². The Morgan fingerprint density at radius 1 is 0.697 bits per heavy atom. The van der Waals surface area contributed by atoms with Crippen molar-refractivity contribution in [3.63, 3.8) is 0 Å². The van der Waals surface area contributed by atoms with Gasteiger partial charge < -0.3 is 29.9 Å². The van der Waals surface area contributed by atoms with E-state index in [0.717, 1.165) is 13.5 Å². The first-order valence-corrected chi connectivity index (χ1v) is 9.89. The predicted molar refractivity (Wildman–Crippen MR) is 128 cm³/mol. The quantitative estimate of drug-likeness (QED) is 0.299. The molecule has 33 heavy (non-hydrogen) atoms. The van der Waals surface area contributed by atoms with Gasteiger partial charge in [0.05, 0.1) is 0 Å². The third-order valence-corrected chi connectivity index (χ3v) is 4.36. The molecule has 1 aliphatic rings. The van der Waals surface area contributed by atoms with Crippen molar-refractivity contribution in [2.45, 2.75) is 13.3 Å². The van der Waals surface area contributed by atoms with E-state index in [1.54, 1.807) is 0 Å². The maximum absolute atomic E-state index is 7.00. The van der Waals surface area contributed by atoms with Crippen molar-refractivity contribution in [2.75, 3.05) is 7.11 Å². The fraction of sp³-hybridized carbons (Fsp3) is 0.103. The molecule has 0 unspecified atom stereocenters. The summed E-state index contributed by atoms with van der Waals surface area (Å²) in [4.78, 5) is 0. The van der Waals surface area contributed by atoms with Crippen LogP contribution in [0.1, 0.15) is 18.9 Å². The summed E-state index contributed by atoms with van der Waals surface area (Å²) >= 11 is 0. The average molecular weight is 510 g/mol. The van der Waals surface area contributed by atoms with E-state index in [1.165, 1.54) is 27.5 Å². The zero-order valence-corrected chi connectivity index (χ0v) is 21.9. The molecule has 0 heterocycles. The fourth-order valence-corrected chi connectivity index (χ4v) is 2.91. The predicted octanol–water partition coefficient (Wildman–Crippen LogP) is 0.961. The number of hydrogen-bond acceptors (Lipinski definition) is 1. The minimum atomic E-state index is 0. The average Bonchev–Trinajstić information content (AvgIpc) is 3.29. The summed E-state index contributed by atoms with van der Waals surface area (Å²) in [5.41, 5.74) is 4.01. The molecule has 0 fully saturated rings. The van der Waals surface area contributed by atoms with Gasteiger partial charge >= 0.3 is 21.7 Å². The van der Waals surface area contributed by atoms with Gasteiger partial charge in [-0.15, -0.1) is 35.2 Å². The molecule has 5 rings (SSSR count). The minimum absolute atomic E-state index is 0. The molecule has 1 aliphatic carbocycles. The normalized spacial score (nSPS) is 10.4. The molecule has 0 aliphatic heterocycles. The van der Waals surface area contributed by atoms with Gasteiger partial charge in [-0.3, -0.25) is 0 Å². The van der Waals surface area contributed by atoms with Gasteiger partial charge in [0.25, 0.3) is 0 Å². The van der Waals surface area contributed by atoms with E-state index in [2.05, 4.69) is 73.7 Å². The largest absolute Gasteiger partial charge is 2.00 e. The van der Waals surface area contributed by atoms with E-state index >= 15 is 0 Å². The first-order valence-electron chi connectivity index (χ1n) is 9.89. The number of aliphatic hydroxyl groups excluding tert-OH is 1. The third kappa shape index (κ3) is 12.1. The van der Waals surface area contributed by atoms with Gasteiger partial charge in [-0.1, -0.05) is 46.9 Å². The Morgan fingerprint density at radius 2 is 1.24 bits per heavy atom. The Hall–Kier alpha value is -2.13. The van der Waals surface area contributed by atoms with E-state index in [1.807, 2.05) is 60.7 Å². The number of benzene rings is 4. The minimum Gasteiger partial charge on any atom is -1.00 e. The van der Waals surface area contributed by atoms with Crippen LogP contribution in [-0.4, -0.2) is 12.2 Å². The summed E-state index contributed by atoms with van der Waals surface area (Å²) in [6.07, 6.45) is 5.45. The molecule has 4 heteroatoms. The molecule has 4 aromatic rings. The summed E-state index contributed by atoms with van der Waals surface area (Å²) in [5, 5.41) is 9.46. The number of rotatable bonds is 1. The summed E-state index contributed by atoms with van der Waals surface area (Å²) < 4.78 is 0. The Bertz CT molecular complexity index is 964. The molecule has 0 saturated carbocycles. The maximum Gasteiger partial charge on any atom is 2.00 e. The second kappa shape index (κ2) is 20.5. The van der Waals surface area contributed by atoms with Crippen LogP contribution in [0, 0.1) is 18.2 Å². The molecule has 1 N–H and O–H groups in total. The topological polar surface area (TPSA) is 20.2 Å². The van der Waals surface area contributed by atoms with Crippen LogP contribution in [0.25, 0.3) is 16.3 Å². The van der Waals surface area contributed by atoms with Crippen molar-refractivity contribution in [1.82, 2.24) is 0 Å². The van der Waals surface area contributed by atoms with Gasteiger partial charge in [0.1, 0.15) is 0 Å². The van der Waals surface area contributed by atoms with Gasteiger partial charge in [0.15, 0.2) is 0 Å². The molecule has 0 saturated heterocycles. The van der Waals surface area contributed by atoms with Crippen LogP contribution in [-0.2, 0) is 21.7 Å². The summed E-state index contributed by atoms with van der Waals surface area (Å²) in [5.74, 6) is 0. The van der Waals surface area contributed by atoms with Crippen LogP contribution >= 0.6 is 0 Å². The van der Waals surface area contributed by atoms with E-state index in [9.17, 15) is 0 Å². The second-order valence-corrected chi connectivity index (χ2v) is 6.38. The monoisotopic (exact) mass is 509 g/mol. The molecule has 0 bridgehead atoms. The number of aliphatic hydroxyl groups is 1. The summed E-state index contributed by atoms with van der Waals surface area (Å²) in [6, 6.07) is 41.2. The number of halogens is 2. The Labute approximate surface area is 226 Å². The van der Waals surface area contributed by atoms with Gasteiger partial charge in [-0.25, -0.2) is 0 Å². The molecule has 0 radical (unpaired) electrons. The number of fused-ring (bicyclic) bond motifs is 1. The van der Waals surface area contributed by atoms with Crippen molar-refractivity contribution in [3.05, 3.63) is 139 Å². The molecule has 1 nitrogen and oxygen atoms in total. The SMILES string of the molecule is CC1=C(c2[c-]c3ccccc3cc2)CC=C1.CO.[Cl-].[Cl-].[Ti+2].[c-]1ccccc1.[c-]1ccccc1. The summed E-state index contributed by atoms with van der Waals surface area (Å²) in [6.45, 7) is 2.17. The molecule has 170 valence electrons. The van der Waals surface area contributed by atoms with E-state index < -0.39 is 0 Å². The molecule has 4 aromatic carbocycles. The first-order chi connectivity index (χ1) is 14.8. The molecular weight excluding hydrogens is 483 g/mol. The zero-order chi connectivity index (χ0) is 21.4. The molecule has 0 atom stereocenters. The van der Waals surface area contributed by atoms with Gasteiger partial charge in [-0.2, -0.15) is 72.8 Å². The molecular formula is C29H27Cl2OTi-3. The van der Waals surface area contributed by atoms with Crippen LogP contribution in [0.15, 0.2) is 115 Å². The smallest absolute Gasteiger partial charge is 1.00 e. The van der Waals surface area contributed by atoms with Crippen molar-refractivity contribution in [1.29, 1.82) is 0 Å². The van der Waals surface area contributed by atoms with E-state index in [4.69, 9.17) is 5.11 Å². The Balaban J connectivity index is 0. The van der Waals surface area contributed by atoms with Crippen LogP contribution in [0.2, 0.25) is 0 Å². The zero-order valence-electron chi connectivity index (χ0n) is 18.8. The third-order valence-electron chi connectivity index (χ3n) is 4.36. The van der Waals surface area contributed by atoms with Gasteiger partial charge in [0.2, 0.25) is 0 Å². The maximum atomic E-state index is 7.00. The first kappa shape index (κ1) is 33.0. The fourth-order valence-electron chi connectivity index (χ4n) is 2.91. The van der Waals surface area contributed by atoms with Crippen molar-refractivity contribution in [2.24, 2.45) is 0 Å². The molecule has 0 spiro atoms. The number of hydrogen-bond donors (Lipinski definition) is 1. The van der Waals surface area contributed by atoms with Crippen molar-refractivity contribution >= 4 is 16.3 Å². The Kier molecular flexibility index (Phi) is 20.5. The second-order valence-electron chi connectivity index (χ2n) is 6.38. The van der Waals surface area contributed by atoms with Crippen LogP contribution in [0.5, 0.6) is 0 Å².